The molecule has 0 bridgehead atoms. The Morgan fingerprint density at radius 2 is 1.93 bits per heavy atom. The Labute approximate surface area is 152 Å². The van der Waals surface area contributed by atoms with Crippen LogP contribution < -0.4 is 5.11 Å². The Bertz CT molecular complexity index is 840. The van der Waals surface area contributed by atoms with Crippen molar-refractivity contribution in [3.8, 4) is 5.69 Å². The number of para-hydroxylation sites is 1. The van der Waals surface area contributed by atoms with Crippen LogP contribution >= 0.6 is 0 Å². The summed E-state index contributed by atoms with van der Waals surface area (Å²) in [7, 11) is 0. The van der Waals surface area contributed by atoms with Crippen molar-refractivity contribution < 1.29 is 35.1 Å². The van der Waals surface area contributed by atoms with Gasteiger partial charge in [-0.05, 0) is 6.07 Å². The van der Waals surface area contributed by atoms with Crippen LogP contribution in [0.3, 0.4) is 0 Å². The molecule has 1 saturated heterocycles. The Morgan fingerprint density at radius 1 is 1.19 bits per heavy atom. The molecule has 11 heteroatoms. The van der Waals surface area contributed by atoms with Crippen molar-refractivity contribution in [1.82, 2.24) is 14.8 Å². The van der Waals surface area contributed by atoms with E-state index in [1.807, 2.05) is 35.0 Å². The fraction of sp³-hybridized carbons (Fsp3) is 0.375. The minimum absolute atomic E-state index is 0.592. The van der Waals surface area contributed by atoms with Crippen LogP contribution in [0.15, 0.2) is 35.6 Å². The minimum Gasteiger partial charge on any atom is -0.829 e. The summed E-state index contributed by atoms with van der Waals surface area (Å²) in [6.07, 6.45) is -5.65. The lowest BCUT2D eigenvalue weighted by Gasteiger charge is -2.42. The molecule has 0 saturated carbocycles. The van der Waals surface area contributed by atoms with Gasteiger partial charge in [-0.15, -0.1) is 10.2 Å². The minimum atomic E-state index is -2.06. The summed E-state index contributed by atoms with van der Waals surface area (Å²) in [5, 5.41) is 54.0. The SMILES string of the molecule is C1=NCc2nncn2-c2ccccc21.O=C(O)[C@H]1O[C@@H]([O-])[C@H](O)[C@@H](O)[C@@H]1O. The molecule has 0 aliphatic carbocycles. The molecule has 5 atom stereocenters. The van der Waals surface area contributed by atoms with Gasteiger partial charge >= 0.3 is 5.97 Å². The largest absolute Gasteiger partial charge is 0.829 e. The van der Waals surface area contributed by atoms with E-state index in [1.165, 1.54) is 0 Å². The maximum absolute atomic E-state index is 10.7. The van der Waals surface area contributed by atoms with Gasteiger partial charge < -0.3 is 30.3 Å². The number of aliphatic hydroxyl groups is 3. The molecule has 2 aliphatic heterocycles. The highest BCUT2D eigenvalue weighted by Gasteiger charge is 2.42. The lowest BCUT2D eigenvalue weighted by Crippen LogP contribution is -2.63. The second-order valence-corrected chi connectivity index (χ2v) is 5.88. The van der Waals surface area contributed by atoms with Gasteiger partial charge in [-0.3, -0.25) is 9.56 Å². The number of nitrogens with zero attached hydrogens (tertiary/aromatic N) is 4. The topological polar surface area (TPSA) is 173 Å². The first-order valence-electron chi connectivity index (χ1n) is 7.96. The Balaban J connectivity index is 0.000000157. The van der Waals surface area contributed by atoms with Crippen molar-refractivity contribution in [1.29, 1.82) is 0 Å². The summed E-state index contributed by atoms with van der Waals surface area (Å²) in [5.41, 5.74) is 2.19. The standard InChI is InChI=1S/C10H8N4.C6H9O7/c1-2-4-9-8(3-1)5-11-6-10-13-12-7-14(9)10;7-1-2(8)4(5(10)11)13-6(12)3(1)9/h1-5,7H,6H2;1-4,6-9H,(H,10,11)/q;-1/t;1-,2-,3+,4-,6+/m.0/s1. The number of aliphatic hydroxyl groups excluding tert-OH is 3. The van der Waals surface area contributed by atoms with Crippen molar-refractivity contribution in [2.45, 2.75) is 37.3 Å². The highest BCUT2D eigenvalue weighted by Crippen LogP contribution is 2.18. The summed E-state index contributed by atoms with van der Waals surface area (Å²) in [6.45, 7) is 0.592. The molecule has 0 radical (unpaired) electrons. The Kier molecular flexibility index (Phi) is 5.58. The fourth-order valence-corrected chi connectivity index (χ4v) is 2.66. The molecule has 0 unspecified atom stereocenters. The second kappa shape index (κ2) is 7.90. The number of fused-ring (bicyclic) bond motifs is 3. The maximum atomic E-state index is 10.7. The molecular formula is C16H17N4O7-. The van der Waals surface area contributed by atoms with E-state index in [0.29, 0.717) is 6.54 Å². The predicted octanol–water partition coefficient (Wildman–Crippen LogP) is -2.56. The highest BCUT2D eigenvalue weighted by molar-refractivity contribution is 5.85. The number of rotatable bonds is 1. The normalized spacial score (nSPS) is 29.0. The number of carbonyl (C=O) groups is 1. The van der Waals surface area contributed by atoms with Crippen LogP contribution in [-0.4, -0.2) is 78.1 Å². The van der Waals surface area contributed by atoms with Crippen LogP contribution in [0, 0.1) is 0 Å². The summed E-state index contributed by atoms with van der Waals surface area (Å²) in [6, 6.07) is 8.08. The van der Waals surface area contributed by atoms with E-state index in [1.54, 1.807) is 6.33 Å². The smallest absolute Gasteiger partial charge is 0.335 e. The number of benzene rings is 1. The van der Waals surface area contributed by atoms with Crippen molar-refractivity contribution in [2.75, 3.05) is 0 Å². The molecule has 3 heterocycles. The van der Waals surface area contributed by atoms with Crippen LogP contribution in [0.1, 0.15) is 11.4 Å². The van der Waals surface area contributed by atoms with Gasteiger partial charge in [0.1, 0.15) is 18.5 Å². The molecule has 2 aromatic rings. The van der Waals surface area contributed by atoms with E-state index < -0.39 is 36.7 Å². The molecule has 4 rings (SSSR count). The first-order valence-corrected chi connectivity index (χ1v) is 7.96. The summed E-state index contributed by atoms with van der Waals surface area (Å²) < 4.78 is 6.20. The average molecular weight is 377 g/mol. The van der Waals surface area contributed by atoms with Gasteiger partial charge in [0.05, 0.1) is 18.3 Å². The van der Waals surface area contributed by atoms with E-state index in [9.17, 15) is 9.90 Å². The van der Waals surface area contributed by atoms with E-state index >= 15 is 0 Å². The molecule has 0 spiro atoms. The molecule has 0 amide bonds. The van der Waals surface area contributed by atoms with E-state index in [0.717, 1.165) is 17.1 Å². The number of aromatic nitrogens is 3. The van der Waals surface area contributed by atoms with Crippen LogP contribution in [0.4, 0.5) is 0 Å². The molecule has 27 heavy (non-hydrogen) atoms. The molecular weight excluding hydrogens is 360 g/mol. The van der Waals surface area contributed by atoms with Crippen LogP contribution in [-0.2, 0) is 16.1 Å². The lowest BCUT2D eigenvalue weighted by atomic mass is 9.99. The van der Waals surface area contributed by atoms with E-state index in [4.69, 9.17) is 20.4 Å². The van der Waals surface area contributed by atoms with Crippen LogP contribution in [0.5, 0.6) is 0 Å². The summed E-state index contributed by atoms with van der Waals surface area (Å²) >= 11 is 0. The zero-order valence-electron chi connectivity index (χ0n) is 13.9. The molecule has 1 fully saturated rings. The average Bonchev–Trinajstić information content (AvgIpc) is 3.05. The number of aliphatic carboxylic acids is 1. The van der Waals surface area contributed by atoms with Crippen molar-refractivity contribution in [2.24, 2.45) is 4.99 Å². The number of hydrogen-bond acceptors (Lipinski definition) is 9. The maximum Gasteiger partial charge on any atom is 0.335 e. The Morgan fingerprint density at radius 3 is 2.67 bits per heavy atom. The highest BCUT2D eigenvalue weighted by atomic mass is 16.6. The fourth-order valence-electron chi connectivity index (χ4n) is 2.66. The number of aliphatic imine (C=N–C) groups is 1. The summed E-state index contributed by atoms with van der Waals surface area (Å²) in [5.74, 6) is -0.675. The van der Waals surface area contributed by atoms with E-state index in [2.05, 4.69) is 19.9 Å². The second-order valence-electron chi connectivity index (χ2n) is 5.88. The summed E-state index contributed by atoms with van der Waals surface area (Å²) in [4.78, 5) is 14.6. The van der Waals surface area contributed by atoms with Gasteiger partial charge in [-0.1, -0.05) is 18.2 Å². The molecule has 11 nitrogen and oxygen atoms in total. The number of carboxylic acids is 1. The molecule has 144 valence electrons. The van der Waals surface area contributed by atoms with Crippen LogP contribution in [0.2, 0.25) is 0 Å². The van der Waals surface area contributed by atoms with Gasteiger partial charge in [0, 0.05) is 18.1 Å². The monoisotopic (exact) mass is 377 g/mol. The van der Waals surface area contributed by atoms with Crippen molar-refractivity contribution in [3.63, 3.8) is 0 Å². The van der Waals surface area contributed by atoms with Crippen LogP contribution in [0.25, 0.3) is 5.69 Å². The van der Waals surface area contributed by atoms with Crippen molar-refractivity contribution in [3.05, 3.63) is 42.0 Å². The first-order chi connectivity index (χ1) is 12.9. The third-order valence-electron chi connectivity index (χ3n) is 4.09. The number of hydrogen-bond donors (Lipinski definition) is 4. The third kappa shape index (κ3) is 3.86. The molecule has 1 aromatic carbocycles. The zero-order chi connectivity index (χ0) is 19.6. The molecule has 4 N–H and O–H groups in total. The molecule has 1 aromatic heterocycles. The third-order valence-corrected chi connectivity index (χ3v) is 4.09. The first kappa shape index (κ1) is 19.1. The molecule has 2 aliphatic rings. The van der Waals surface area contributed by atoms with Gasteiger partial charge in [0.15, 0.2) is 11.9 Å². The predicted molar refractivity (Wildman–Crippen MR) is 87.0 cm³/mol. The number of ether oxygens (including phenoxy) is 1. The van der Waals surface area contributed by atoms with Gasteiger partial charge in [0.25, 0.3) is 0 Å². The quantitative estimate of drug-likeness (QED) is 0.417. The van der Waals surface area contributed by atoms with E-state index in [-0.39, 0.29) is 0 Å². The van der Waals surface area contributed by atoms with Gasteiger partial charge in [-0.2, -0.15) is 0 Å². The van der Waals surface area contributed by atoms with Crippen molar-refractivity contribution >= 4 is 12.2 Å². The number of carboxylic acid groups (broad SMARTS) is 1. The van der Waals surface area contributed by atoms with Gasteiger partial charge in [-0.25, -0.2) is 4.79 Å². The Hall–Kier alpha value is -2.70. The zero-order valence-corrected chi connectivity index (χ0v) is 13.9. The lowest BCUT2D eigenvalue weighted by molar-refractivity contribution is -0.529. The van der Waals surface area contributed by atoms with Gasteiger partial charge in [0.2, 0.25) is 0 Å².